The van der Waals surface area contributed by atoms with Crippen molar-refractivity contribution < 1.29 is 13.2 Å². The number of hydrogen-bond acceptors (Lipinski definition) is 6. The summed E-state index contributed by atoms with van der Waals surface area (Å²) in [6, 6.07) is 7.12. The second kappa shape index (κ2) is 7.85. The summed E-state index contributed by atoms with van der Waals surface area (Å²) < 4.78 is 33.4. The van der Waals surface area contributed by atoms with Gasteiger partial charge in [-0.25, -0.2) is 8.42 Å². The molecule has 26 heavy (non-hydrogen) atoms. The summed E-state index contributed by atoms with van der Waals surface area (Å²) in [6.07, 6.45) is 2.51. The molecule has 142 valence electrons. The van der Waals surface area contributed by atoms with Gasteiger partial charge in [0.05, 0.1) is 24.4 Å². The van der Waals surface area contributed by atoms with Gasteiger partial charge in [-0.05, 0) is 31.7 Å². The Kier molecular flexibility index (Phi) is 5.74. The molecule has 2 atom stereocenters. The molecule has 1 aliphatic rings. The molecule has 2 unspecified atom stereocenters. The van der Waals surface area contributed by atoms with Gasteiger partial charge in [-0.3, -0.25) is 4.57 Å². The van der Waals surface area contributed by atoms with E-state index >= 15 is 0 Å². The summed E-state index contributed by atoms with van der Waals surface area (Å²) in [6.45, 7) is 5.00. The Morgan fingerprint density at radius 1 is 1.38 bits per heavy atom. The molecule has 0 saturated carbocycles. The number of sulfone groups is 1. The van der Waals surface area contributed by atoms with Gasteiger partial charge in [0.25, 0.3) is 0 Å². The molecule has 1 aromatic carbocycles. The van der Waals surface area contributed by atoms with Crippen molar-refractivity contribution in [1.82, 2.24) is 14.8 Å². The summed E-state index contributed by atoms with van der Waals surface area (Å²) in [4.78, 5) is 0. The van der Waals surface area contributed by atoms with E-state index < -0.39 is 9.84 Å². The Hall–Kier alpha value is -1.77. The van der Waals surface area contributed by atoms with Crippen LogP contribution in [0.3, 0.4) is 0 Å². The smallest absolute Gasteiger partial charge is 0.250 e. The average molecular weight is 378 g/mol. The van der Waals surface area contributed by atoms with Crippen molar-refractivity contribution in [3.05, 3.63) is 41.2 Å². The number of nitrogens with two attached hydrogens (primary N) is 1. The molecule has 2 N–H and O–H groups in total. The minimum absolute atomic E-state index is 0.0200. The standard InChI is InChI=1S/C18H26N4O3S/c1-3-16(19)17-20-21-18(22(17)11-15-8-5-9-25-15)26(23,24)12-14-7-4-6-13(2)10-14/h4,6-7,10,15-16H,3,5,8-9,11-12,19H2,1-2H3. The lowest BCUT2D eigenvalue weighted by molar-refractivity contribution is 0.0937. The van der Waals surface area contributed by atoms with Crippen LogP contribution in [-0.2, 0) is 26.9 Å². The largest absolute Gasteiger partial charge is 0.376 e. The number of rotatable bonds is 7. The molecule has 3 rings (SSSR count). The van der Waals surface area contributed by atoms with Crippen molar-refractivity contribution in [3.63, 3.8) is 0 Å². The number of ether oxygens (including phenoxy) is 1. The molecule has 1 fully saturated rings. The van der Waals surface area contributed by atoms with Crippen LogP contribution in [-0.4, -0.2) is 35.9 Å². The molecule has 1 aromatic heterocycles. The van der Waals surface area contributed by atoms with Gasteiger partial charge in [0.1, 0.15) is 0 Å². The summed E-state index contributed by atoms with van der Waals surface area (Å²) in [5, 5.41) is 8.09. The molecular formula is C18H26N4O3S. The van der Waals surface area contributed by atoms with Gasteiger partial charge in [0.15, 0.2) is 5.82 Å². The molecule has 2 aromatic rings. The van der Waals surface area contributed by atoms with Crippen LogP contribution in [0.5, 0.6) is 0 Å². The zero-order valence-electron chi connectivity index (χ0n) is 15.3. The average Bonchev–Trinajstić information content (AvgIpc) is 3.24. The molecule has 0 bridgehead atoms. The van der Waals surface area contributed by atoms with E-state index in [-0.39, 0.29) is 23.1 Å². The first-order valence-corrected chi connectivity index (χ1v) is 10.6. The van der Waals surface area contributed by atoms with Gasteiger partial charge in [-0.2, -0.15) is 0 Å². The zero-order chi connectivity index (χ0) is 18.7. The second-order valence-corrected chi connectivity index (χ2v) is 8.73. The Bertz CT molecular complexity index is 857. The summed E-state index contributed by atoms with van der Waals surface area (Å²) in [5.41, 5.74) is 7.89. The van der Waals surface area contributed by atoms with Crippen molar-refractivity contribution in [1.29, 1.82) is 0 Å². The molecule has 1 saturated heterocycles. The molecule has 1 aliphatic heterocycles. The normalized spacial score (nSPS) is 19.0. The first-order valence-electron chi connectivity index (χ1n) is 8.99. The lowest BCUT2D eigenvalue weighted by Gasteiger charge is -2.17. The third kappa shape index (κ3) is 4.13. The summed E-state index contributed by atoms with van der Waals surface area (Å²) in [5.74, 6) is 0.394. The predicted molar refractivity (Wildman–Crippen MR) is 98.3 cm³/mol. The molecule has 7 nitrogen and oxygen atoms in total. The molecule has 0 radical (unpaired) electrons. The number of aryl methyl sites for hydroxylation is 1. The lowest BCUT2D eigenvalue weighted by atomic mass is 10.2. The molecule has 0 spiro atoms. The maximum Gasteiger partial charge on any atom is 0.250 e. The van der Waals surface area contributed by atoms with E-state index in [4.69, 9.17) is 10.5 Å². The van der Waals surface area contributed by atoms with Crippen molar-refractivity contribution >= 4 is 9.84 Å². The SMILES string of the molecule is CCC(N)c1nnc(S(=O)(=O)Cc2cccc(C)c2)n1CC1CCCO1. The third-order valence-electron chi connectivity index (χ3n) is 4.64. The van der Waals surface area contributed by atoms with Crippen LogP contribution in [0.15, 0.2) is 29.4 Å². The van der Waals surface area contributed by atoms with Crippen molar-refractivity contribution in [2.45, 2.75) is 62.7 Å². The molecule has 0 amide bonds. The van der Waals surface area contributed by atoms with E-state index in [9.17, 15) is 8.42 Å². The van der Waals surface area contributed by atoms with Crippen molar-refractivity contribution in [3.8, 4) is 0 Å². The molecular weight excluding hydrogens is 352 g/mol. The highest BCUT2D eigenvalue weighted by atomic mass is 32.2. The lowest BCUT2D eigenvalue weighted by Crippen LogP contribution is -2.24. The third-order valence-corrected chi connectivity index (χ3v) is 6.22. The van der Waals surface area contributed by atoms with E-state index in [0.29, 0.717) is 25.4 Å². The van der Waals surface area contributed by atoms with Gasteiger partial charge < -0.3 is 10.5 Å². The highest BCUT2D eigenvalue weighted by molar-refractivity contribution is 7.90. The zero-order valence-corrected chi connectivity index (χ0v) is 16.1. The van der Waals surface area contributed by atoms with Gasteiger partial charge in [-0.1, -0.05) is 36.8 Å². The molecule has 8 heteroatoms. The van der Waals surface area contributed by atoms with Crippen molar-refractivity contribution in [2.75, 3.05) is 6.61 Å². The highest BCUT2D eigenvalue weighted by Crippen LogP contribution is 2.23. The minimum Gasteiger partial charge on any atom is -0.376 e. The van der Waals surface area contributed by atoms with Crippen LogP contribution >= 0.6 is 0 Å². The first kappa shape index (κ1) is 19.0. The van der Waals surface area contributed by atoms with Crippen LogP contribution in [0, 0.1) is 6.92 Å². The maximum absolute atomic E-state index is 13.0. The highest BCUT2D eigenvalue weighted by Gasteiger charge is 2.29. The van der Waals surface area contributed by atoms with Gasteiger partial charge in [0, 0.05) is 6.61 Å². The fourth-order valence-electron chi connectivity index (χ4n) is 3.24. The summed E-state index contributed by atoms with van der Waals surface area (Å²) in [7, 11) is -3.65. The number of nitrogens with zero attached hydrogens (tertiary/aromatic N) is 3. The van der Waals surface area contributed by atoms with Crippen LogP contribution in [0.4, 0.5) is 0 Å². The van der Waals surface area contributed by atoms with Crippen LogP contribution < -0.4 is 5.73 Å². The van der Waals surface area contributed by atoms with E-state index in [1.54, 1.807) is 4.57 Å². The van der Waals surface area contributed by atoms with Gasteiger partial charge >= 0.3 is 0 Å². The fraction of sp³-hybridized carbons (Fsp3) is 0.556. The monoisotopic (exact) mass is 378 g/mol. The fourth-order valence-corrected chi connectivity index (χ4v) is 4.65. The Labute approximate surface area is 154 Å². The van der Waals surface area contributed by atoms with Crippen LogP contribution in [0.25, 0.3) is 0 Å². The number of benzene rings is 1. The van der Waals surface area contributed by atoms with E-state index in [1.165, 1.54) is 0 Å². The van der Waals surface area contributed by atoms with Gasteiger partial charge in [0.2, 0.25) is 15.0 Å². The topological polar surface area (TPSA) is 100 Å². The van der Waals surface area contributed by atoms with E-state index in [2.05, 4.69) is 10.2 Å². The van der Waals surface area contributed by atoms with Crippen LogP contribution in [0.2, 0.25) is 0 Å². The predicted octanol–water partition coefficient (Wildman–Crippen LogP) is 2.15. The Morgan fingerprint density at radius 2 is 2.19 bits per heavy atom. The Morgan fingerprint density at radius 3 is 2.85 bits per heavy atom. The van der Waals surface area contributed by atoms with E-state index in [0.717, 1.165) is 24.0 Å². The molecule has 2 heterocycles. The number of hydrogen-bond donors (Lipinski definition) is 1. The minimum atomic E-state index is -3.65. The van der Waals surface area contributed by atoms with E-state index in [1.807, 2.05) is 38.1 Å². The number of aromatic nitrogens is 3. The van der Waals surface area contributed by atoms with Crippen LogP contribution in [0.1, 0.15) is 49.2 Å². The quantitative estimate of drug-likeness (QED) is 0.792. The second-order valence-electron chi connectivity index (χ2n) is 6.85. The van der Waals surface area contributed by atoms with Gasteiger partial charge in [-0.15, -0.1) is 10.2 Å². The first-order chi connectivity index (χ1) is 12.4. The molecule has 0 aliphatic carbocycles. The summed E-state index contributed by atoms with van der Waals surface area (Å²) >= 11 is 0. The van der Waals surface area contributed by atoms with Crippen molar-refractivity contribution in [2.24, 2.45) is 5.73 Å². The Balaban J connectivity index is 1.95. The maximum atomic E-state index is 13.0.